The van der Waals surface area contributed by atoms with Gasteiger partial charge in [-0.05, 0) is 19.8 Å². The van der Waals surface area contributed by atoms with Crippen LogP contribution in [0.15, 0.2) is 0 Å². The normalized spacial score (nSPS) is 18.1. The molecule has 1 unspecified atom stereocenters. The quantitative estimate of drug-likeness (QED) is 0.565. The van der Waals surface area contributed by atoms with Crippen molar-refractivity contribution in [3.8, 4) is 0 Å². The summed E-state index contributed by atoms with van der Waals surface area (Å²) in [4.78, 5) is 16.9. The van der Waals surface area contributed by atoms with E-state index in [-0.39, 0.29) is 6.10 Å². The number of nitrogen functional groups attached to an aromatic ring is 1. The van der Waals surface area contributed by atoms with Crippen molar-refractivity contribution < 1.29 is 4.74 Å². The van der Waals surface area contributed by atoms with Crippen molar-refractivity contribution in [1.82, 2.24) is 15.0 Å². The first-order chi connectivity index (χ1) is 9.63. The zero-order valence-electron chi connectivity index (χ0n) is 12.3. The highest BCUT2D eigenvalue weighted by Gasteiger charge is 2.21. The number of nitrogens with one attached hydrogen (secondary N) is 1. The second-order valence-electron chi connectivity index (χ2n) is 4.97. The molecule has 3 N–H and O–H groups in total. The van der Waals surface area contributed by atoms with Crippen LogP contribution in [-0.4, -0.2) is 54.8 Å². The summed E-state index contributed by atoms with van der Waals surface area (Å²) in [7, 11) is 3.77. The van der Waals surface area contributed by atoms with Crippen molar-refractivity contribution in [3.63, 3.8) is 0 Å². The van der Waals surface area contributed by atoms with Crippen molar-refractivity contribution in [2.75, 3.05) is 49.0 Å². The lowest BCUT2D eigenvalue weighted by molar-refractivity contribution is 0.115. The second-order valence-corrected chi connectivity index (χ2v) is 4.97. The third-order valence-corrected chi connectivity index (χ3v) is 3.25. The number of nitrogens with two attached hydrogens (primary N) is 1. The maximum atomic E-state index is 5.68. The molecule has 1 fully saturated rings. The van der Waals surface area contributed by atoms with Gasteiger partial charge in [0, 0.05) is 33.8 Å². The molecule has 1 aromatic rings. The number of ether oxygens (including phenoxy) is 1. The Labute approximate surface area is 119 Å². The average Bonchev–Trinajstić information content (AvgIpc) is 2.97. The fourth-order valence-corrected chi connectivity index (χ4v) is 2.15. The molecule has 8 nitrogen and oxygen atoms in total. The zero-order valence-corrected chi connectivity index (χ0v) is 12.3. The minimum absolute atomic E-state index is 0.254. The van der Waals surface area contributed by atoms with E-state index >= 15 is 0 Å². The highest BCUT2D eigenvalue weighted by Crippen LogP contribution is 2.18. The first-order valence-corrected chi connectivity index (χ1v) is 6.90. The van der Waals surface area contributed by atoms with Crippen molar-refractivity contribution in [2.24, 2.45) is 5.84 Å². The van der Waals surface area contributed by atoms with E-state index in [0.29, 0.717) is 17.8 Å². The fraction of sp³-hybridized carbons (Fsp3) is 0.750. The van der Waals surface area contributed by atoms with Gasteiger partial charge in [0.2, 0.25) is 17.8 Å². The van der Waals surface area contributed by atoms with E-state index in [1.165, 1.54) is 0 Å². The predicted octanol–water partition coefficient (Wildman–Crippen LogP) is 0.229. The molecule has 1 saturated heterocycles. The third kappa shape index (κ3) is 3.45. The van der Waals surface area contributed by atoms with E-state index in [0.717, 1.165) is 32.5 Å². The molecule has 0 bridgehead atoms. The summed E-state index contributed by atoms with van der Waals surface area (Å²) >= 11 is 0. The Kier molecular flexibility index (Phi) is 4.91. The van der Waals surface area contributed by atoms with Gasteiger partial charge < -0.3 is 14.5 Å². The fourth-order valence-electron chi connectivity index (χ4n) is 2.15. The van der Waals surface area contributed by atoms with Crippen LogP contribution >= 0.6 is 0 Å². The molecule has 8 heteroatoms. The molecule has 1 atom stereocenters. The zero-order chi connectivity index (χ0) is 14.5. The largest absolute Gasteiger partial charge is 0.376 e. The summed E-state index contributed by atoms with van der Waals surface area (Å²) in [5.41, 5.74) is 2.49. The van der Waals surface area contributed by atoms with Gasteiger partial charge in [-0.25, -0.2) is 5.84 Å². The Bertz CT molecular complexity index is 434. The SMILES string of the molecule is CCN(CC1CCCO1)c1nc(NN)nc(N(C)C)n1. The smallest absolute Gasteiger partial charge is 0.243 e. The summed E-state index contributed by atoms with van der Waals surface area (Å²) in [6.45, 7) is 4.51. The molecular formula is C12H23N7O. The van der Waals surface area contributed by atoms with E-state index < -0.39 is 0 Å². The highest BCUT2D eigenvalue weighted by molar-refractivity contribution is 5.44. The van der Waals surface area contributed by atoms with Crippen LogP contribution in [0.5, 0.6) is 0 Å². The van der Waals surface area contributed by atoms with Crippen LogP contribution < -0.4 is 21.1 Å². The number of anilines is 3. The molecule has 0 saturated carbocycles. The first kappa shape index (κ1) is 14.7. The van der Waals surface area contributed by atoms with Crippen LogP contribution in [0.3, 0.4) is 0 Å². The van der Waals surface area contributed by atoms with Crippen LogP contribution in [0.25, 0.3) is 0 Å². The molecule has 1 aliphatic rings. The van der Waals surface area contributed by atoms with Gasteiger partial charge in [-0.15, -0.1) is 0 Å². The van der Waals surface area contributed by atoms with Crippen LogP contribution in [0.4, 0.5) is 17.8 Å². The second kappa shape index (κ2) is 6.67. The molecule has 2 heterocycles. The number of rotatable bonds is 6. The van der Waals surface area contributed by atoms with Crippen LogP contribution in [0, 0.1) is 0 Å². The van der Waals surface area contributed by atoms with Gasteiger partial charge in [-0.1, -0.05) is 0 Å². The molecule has 0 amide bonds. The van der Waals surface area contributed by atoms with Gasteiger partial charge >= 0.3 is 0 Å². The number of hydrazine groups is 1. The molecule has 0 aliphatic carbocycles. The third-order valence-electron chi connectivity index (χ3n) is 3.25. The van der Waals surface area contributed by atoms with E-state index in [2.05, 4.69) is 32.2 Å². The maximum Gasteiger partial charge on any atom is 0.243 e. The summed E-state index contributed by atoms with van der Waals surface area (Å²) < 4.78 is 5.68. The standard InChI is InChI=1S/C12H23N7O/c1-4-19(8-9-6-5-7-20-9)12-15-10(17-13)14-11(16-12)18(2)3/h9H,4-8,13H2,1-3H3,(H,14,15,16,17). The summed E-state index contributed by atoms with van der Waals surface area (Å²) in [5, 5.41) is 0. The van der Waals surface area contributed by atoms with E-state index in [4.69, 9.17) is 10.6 Å². The van der Waals surface area contributed by atoms with Gasteiger partial charge in [0.25, 0.3) is 0 Å². The van der Waals surface area contributed by atoms with Crippen molar-refractivity contribution in [1.29, 1.82) is 0 Å². The van der Waals surface area contributed by atoms with Gasteiger partial charge in [-0.2, -0.15) is 15.0 Å². The topological polar surface area (TPSA) is 92.4 Å². The minimum Gasteiger partial charge on any atom is -0.376 e. The summed E-state index contributed by atoms with van der Waals surface area (Å²) in [6.07, 6.45) is 2.46. The average molecular weight is 281 g/mol. The number of aromatic nitrogens is 3. The van der Waals surface area contributed by atoms with E-state index in [1.54, 1.807) is 0 Å². The molecule has 0 spiro atoms. The molecule has 112 valence electrons. The maximum absolute atomic E-state index is 5.68. The molecule has 0 aromatic carbocycles. The molecule has 2 rings (SSSR count). The Morgan fingerprint density at radius 3 is 2.60 bits per heavy atom. The lowest BCUT2D eigenvalue weighted by Crippen LogP contribution is -2.34. The van der Waals surface area contributed by atoms with Crippen LogP contribution in [-0.2, 0) is 4.74 Å². The Hall–Kier alpha value is -1.67. The van der Waals surface area contributed by atoms with Gasteiger partial charge in [-0.3, -0.25) is 5.43 Å². The van der Waals surface area contributed by atoms with Gasteiger partial charge in [0.15, 0.2) is 0 Å². The number of nitrogens with zero attached hydrogens (tertiary/aromatic N) is 5. The number of hydrogen-bond donors (Lipinski definition) is 2. The molecule has 20 heavy (non-hydrogen) atoms. The molecule has 0 radical (unpaired) electrons. The first-order valence-electron chi connectivity index (χ1n) is 6.90. The Balaban J connectivity index is 2.20. The number of likely N-dealkylation sites (N-methyl/N-ethyl adjacent to an activating group) is 1. The van der Waals surface area contributed by atoms with Crippen molar-refractivity contribution in [2.45, 2.75) is 25.9 Å². The van der Waals surface area contributed by atoms with Crippen LogP contribution in [0.1, 0.15) is 19.8 Å². The van der Waals surface area contributed by atoms with Crippen molar-refractivity contribution in [3.05, 3.63) is 0 Å². The molecule has 1 aliphatic heterocycles. The monoisotopic (exact) mass is 281 g/mol. The van der Waals surface area contributed by atoms with Crippen molar-refractivity contribution >= 4 is 17.8 Å². The minimum atomic E-state index is 0.254. The van der Waals surface area contributed by atoms with Crippen LogP contribution in [0.2, 0.25) is 0 Å². The molecule has 1 aromatic heterocycles. The Morgan fingerprint density at radius 2 is 2.05 bits per heavy atom. The van der Waals surface area contributed by atoms with Gasteiger partial charge in [0.05, 0.1) is 6.10 Å². The summed E-state index contributed by atoms with van der Waals surface area (Å²) in [6, 6.07) is 0. The lowest BCUT2D eigenvalue weighted by atomic mass is 10.2. The van der Waals surface area contributed by atoms with E-state index in [9.17, 15) is 0 Å². The molecular weight excluding hydrogens is 258 g/mol. The number of hydrogen-bond acceptors (Lipinski definition) is 8. The highest BCUT2D eigenvalue weighted by atomic mass is 16.5. The predicted molar refractivity (Wildman–Crippen MR) is 78.8 cm³/mol. The summed E-state index contributed by atoms with van der Waals surface area (Å²) in [5.74, 6) is 6.99. The van der Waals surface area contributed by atoms with Gasteiger partial charge in [0.1, 0.15) is 0 Å². The lowest BCUT2D eigenvalue weighted by Gasteiger charge is -2.25. The van der Waals surface area contributed by atoms with E-state index in [1.807, 2.05) is 19.0 Å². The Morgan fingerprint density at radius 1 is 1.30 bits per heavy atom.